The van der Waals surface area contributed by atoms with Crippen LogP contribution in [0.5, 0.6) is 0 Å². The van der Waals surface area contributed by atoms with E-state index >= 15 is 0 Å². The number of unbranched alkanes of at least 4 members (excludes halogenated alkanes) is 17. The number of hydrogen-bond acceptors (Lipinski definition) is 13. The molecule has 13 heteroatoms. The van der Waals surface area contributed by atoms with E-state index in [4.69, 9.17) is 23.7 Å². The van der Waals surface area contributed by atoms with E-state index in [1.807, 2.05) is 0 Å². The second-order valence-corrected chi connectivity index (χ2v) is 14.8. The second kappa shape index (κ2) is 27.8. The molecular weight excluding hydrogens is 688 g/mol. The summed E-state index contributed by atoms with van der Waals surface area (Å²) >= 11 is 0. The largest absolute Gasteiger partial charge is 0.463 e. The van der Waals surface area contributed by atoms with E-state index in [9.17, 15) is 40.2 Å². The SMILES string of the molecule is CCCCCCCC/C=C\CCCCCCCC(=O)OC[C@H]1O[C@@](COC(=O)CCCCCCCCC)(O[C@H]2O[C@H](CO)[C@@H](O)[C@H](O)[C@H]2O)[C@@H](O)[C@@H]1O. The van der Waals surface area contributed by atoms with Gasteiger partial charge in [-0.25, -0.2) is 0 Å². The van der Waals surface area contributed by atoms with Gasteiger partial charge in [-0.15, -0.1) is 0 Å². The van der Waals surface area contributed by atoms with E-state index in [0.717, 1.165) is 70.6 Å². The van der Waals surface area contributed by atoms with Crippen LogP contribution in [0.2, 0.25) is 0 Å². The predicted octanol–water partition coefficient (Wildman–Crippen LogP) is 4.88. The topological polar surface area (TPSA) is 202 Å². The smallest absolute Gasteiger partial charge is 0.305 e. The molecule has 6 N–H and O–H groups in total. The van der Waals surface area contributed by atoms with E-state index in [-0.39, 0.29) is 12.8 Å². The highest BCUT2D eigenvalue weighted by Gasteiger charge is 2.59. The lowest BCUT2D eigenvalue weighted by atomic mass is 9.99. The van der Waals surface area contributed by atoms with Gasteiger partial charge >= 0.3 is 11.9 Å². The molecule has 2 aliphatic rings. The zero-order chi connectivity index (χ0) is 38.9. The number of aliphatic hydroxyl groups is 6. The Bertz CT molecular complexity index is 994. The maximum atomic E-state index is 12.7. The Labute approximate surface area is 317 Å². The lowest BCUT2D eigenvalue weighted by Crippen LogP contribution is -2.62. The third kappa shape index (κ3) is 17.8. The van der Waals surface area contributed by atoms with Crippen molar-refractivity contribution in [1.82, 2.24) is 0 Å². The van der Waals surface area contributed by atoms with Crippen molar-refractivity contribution >= 4 is 11.9 Å². The van der Waals surface area contributed by atoms with Crippen LogP contribution in [0.1, 0.15) is 155 Å². The summed E-state index contributed by atoms with van der Waals surface area (Å²) < 4.78 is 27.9. The molecule has 0 radical (unpaired) electrons. The van der Waals surface area contributed by atoms with E-state index < -0.39 is 86.6 Å². The number of carbonyl (C=O) groups excluding carboxylic acids is 2. The summed E-state index contributed by atoms with van der Waals surface area (Å²) in [6.45, 7) is 2.48. The molecular formula is C40H72O13. The number of allylic oxidation sites excluding steroid dienone is 2. The third-order valence-electron chi connectivity index (χ3n) is 10.1. The van der Waals surface area contributed by atoms with Gasteiger partial charge < -0.3 is 54.3 Å². The van der Waals surface area contributed by atoms with Gasteiger partial charge in [0.25, 0.3) is 0 Å². The van der Waals surface area contributed by atoms with Crippen LogP contribution < -0.4 is 0 Å². The van der Waals surface area contributed by atoms with Crippen molar-refractivity contribution in [1.29, 1.82) is 0 Å². The number of rotatable bonds is 30. The summed E-state index contributed by atoms with van der Waals surface area (Å²) in [7, 11) is 0. The summed E-state index contributed by atoms with van der Waals surface area (Å²) in [5.74, 6) is -3.40. The molecule has 0 aromatic carbocycles. The van der Waals surface area contributed by atoms with Gasteiger partial charge in [-0.3, -0.25) is 9.59 Å². The Hall–Kier alpha value is -1.68. The standard InChI is InChI=1S/C40H72O13/c1-3-5-7-9-11-12-13-14-15-16-17-18-20-22-23-25-32(42)49-28-31-35(45)38(48)40(52-31,29-50-33(43)26-24-21-19-10-8-6-4-2)53-39-37(47)36(46)34(44)30(27-41)51-39/h14-15,30-31,34-39,41,44-48H,3-13,16-29H2,1-2H3/b15-14-/t30-,31-,34-,35-,36+,37-,38+,39-,40+/m1/s1. The van der Waals surface area contributed by atoms with Crippen molar-refractivity contribution in [2.45, 2.75) is 210 Å². The zero-order valence-corrected chi connectivity index (χ0v) is 32.5. The molecule has 2 rings (SSSR count). The molecule has 0 aromatic rings. The summed E-state index contributed by atoms with van der Waals surface area (Å²) in [6.07, 6.45) is 13.3. The fourth-order valence-electron chi connectivity index (χ4n) is 6.67. The van der Waals surface area contributed by atoms with Gasteiger partial charge in [0.1, 0.15) is 55.9 Å². The normalized spacial score (nSPS) is 28.8. The molecule has 0 bridgehead atoms. The van der Waals surface area contributed by atoms with Crippen molar-refractivity contribution in [3.8, 4) is 0 Å². The number of esters is 2. The van der Waals surface area contributed by atoms with E-state index in [0.29, 0.717) is 12.8 Å². The van der Waals surface area contributed by atoms with Gasteiger partial charge in [0.2, 0.25) is 5.79 Å². The highest BCUT2D eigenvalue weighted by molar-refractivity contribution is 5.69. The molecule has 9 atom stereocenters. The average Bonchev–Trinajstić information content (AvgIpc) is 3.39. The van der Waals surface area contributed by atoms with Crippen LogP contribution in [0.25, 0.3) is 0 Å². The molecule has 53 heavy (non-hydrogen) atoms. The summed E-state index contributed by atoms with van der Waals surface area (Å²) in [5, 5.41) is 62.7. The first-order chi connectivity index (χ1) is 25.6. The van der Waals surface area contributed by atoms with Crippen LogP contribution in [-0.2, 0) is 33.3 Å². The first-order valence-electron chi connectivity index (χ1n) is 20.6. The summed E-state index contributed by atoms with van der Waals surface area (Å²) in [5.41, 5.74) is 0. The van der Waals surface area contributed by atoms with Crippen LogP contribution in [0.15, 0.2) is 12.2 Å². The molecule has 2 heterocycles. The fraction of sp³-hybridized carbons (Fsp3) is 0.900. The van der Waals surface area contributed by atoms with Crippen LogP contribution >= 0.6 is 0 Å². The third-order valence-corrected chi connectivity index (χ3v) is 10.1. The molecule has 0 amide bonds. The van der Waals surface area contributed by atoms with E-state index in [1.165, 1.54) is 44.9 Å². The number of hydrogen-bond donors (Lipinski definition) is 6. The summed E-state index contributed by atoms with van der Waals surface area (Å²) in [6, 6.07) is 0. The van der Waals surface area contributed by atoms with Crippen LogP contribution in [0.4, 0.5) is 0 Å². The monoisotopic (exact) mass is 760 g/mol. The van der Waals surface area contributed by atoms with Gasteiger partial charge in [-0.2, -0.15) is 0 Å². The number of ether oxygens (including phenoxy) is 5. The molecule has 0 aliphatic carbocycles. The first kappa shape index (κ1) is 47.5. The second-order valence-electron chi connectivity index (χ2n) is 14.8. The fourth-order valence-corrected chi connectivity index (χ4v) is 6.67. The minimum atomic E-state index is -2.30. The van der Waals surface area contributed by atoms with Crippen LogP contribution in [0.3, 0.4) is 0 Å². The highest BCUT2D eigenvalue weighted by atomic mass is 16.8. The molecule has 310 valence electrons. The Morgan fingerprint density at radius 2 is 1.09 bits per heavy atom. The molecule has 2 saturated heterocycles. The van der Waals surface area contributed by atoms with Gasteiger partial charge in [-0.05, 0) is 38.5 Å². The zero-order valence-electron chi connectivity index (χ0n) is 32.5. The molecule has 2 aliphatic heterocycles. The van der Waals surface area contributed by atoms with Crippen molar-refractivity contribution in [2.75, 3.05) is 19.8 Å². The number of carbonyl (C=O) groups is 2. The van der Waals surface area contributed by atoms with Crippen LogP contribution in [0, 0.1) is 0 Å². The van der Waals surface area contributed by atoms with Gasteiger partial charge in [0.15, 0.2) is 6.29 Å². The molecule has 13 nitrogen and oxygen atoms in total. The molecule has 0 aromatic heterocycles. The molecule has 0 spiro atoms. The average molecular weight is 761 g/mol. The minimum absolute atomic E-state index is 0.0972. The maximum Gasteiger partial charge on any atom is 0.305 e. The molecule has 0 unspecified atom stereocenters. The van der Waals surface area contributed by atoms with Gasteiger partial charge in [0.05, 0.1) is 6.61 Å². The Balaban J connectivity index is 1.82. The van der Waals surface area contributed by atoms with Gasteiger partial charge in [-0.1, -0.05) is 116 Å². The maximum absolute atomic E-state index is 12.7. The van der Waals surface area contributed by atoms with Crippen LogP contribution in [-0.4, -0.2) is 117 Å². The predicted molar refractivity (Wildman–Crippen MR) is 198 cm³/mol. The molecule has 2 fully saturated rings. The van der Waals surface area contributed by atoms with Crippen molar-refractivity contribution < 1.29 is 63.9 Å². The summed E-state index contributed by atoms with van der Waals surface area (Å²) in [4.78, 5) is 25.2. The number of aliphatic hydroxyl groups excluding tert-OH is 6. The van der Waals surface area contributed by atoms with Crippen molar-refractivity contribution in [3.63, 3.8) is 0 Å². The lowest BCUT2D eigenvalue weighted by molar-refractivity contribution is -0.383. The van der Waals surface area contributed by atoms with Crippen molar-refractivity contribution in [3.05, 3.63) is 12.2 Å². The Kier molecular flexibility index (Phi) is 24.9. The van der Waals surface area contributed by atoms with Gasteiger partial charge in [0, 0.05) is 12.8 Å². The Morgan fingerprint density at radius 3 is 1.62 bits per heavy atom. The Morgan fingerprint density at radius 1 is 0.604 bits per heavy atom. The first-order valence-corrected chi connectivity index (χ1v) is 20.6. The molecule has 0 saturated carbocycles. The lowest BCUT2D eigenvalue weighted by Gasteiger charge is -2.43. The highest BCUT2D eigenvalue weighted by Crippen LogP contribution is 2.37. The van der Waals surface area contributed by atoms with E-state index in [2.05, 4.69) is 26.0 Å². The van der Waals surface area contributed by atoms with Crippen molar-refractivity contribution in [2.24, 2.45) is 0 Å². The minimum Gasteiger partial charge on any atom is -0.463 e. The quantitative estimate of drug-likeness (QED) is 0.0329. The van der Waals surface area contributed by atoms with E-state index in [1.54, 1.807) is 0 Å².